The number of benzene rings is 1. The first-order valence-corrected chi connectivity index (χ1v) is 5.80. The van der Waals surface area contributed by atoms with Crippen molar-refractivity contribution in [3.05, 3.63) is 68.4 Å². The lowest BCUT2D eigenvalue weighted by atomic mass is 10.3. The van der Waals surface area contributed by atoms with Gasteiger partial charge in [-0.2, -0.15) is 0 Å². The lowest BCUT2D eigenvalue weighted by molar-refractivity contribution is 0.414. The van der Waals surface area contributed by atoms with Crippen molar-refractivity contribution in [3.8, 4) is 11.4 Å². The maximum absolute atomic E-state index is 12.2. The molecule has 0 amide bonds. The molecule has 7 heteroatoms. The van der Waals surface area contributed by atoms with Crippen molar-refractivity contribution in [3.63, 3.8) is 0 Å². The highest BCUT2D eigenvalue weighted by atomic mass is 16.5. The van der Waals surface area contributed by atoms with E-state index in [4.69, 9.17) is 4.74 Å². The molecular weight excluding hydrogens is 262 g/mol. The smallest absolute Gasteiger partial charge is 0.341 e. The number of aromatic amines is 1. The highest BCUT2D eigenvalue weighted by molar-refractivity contribution is 5.38. The van der Waals surface area contributed by atoms with Crippen molar-refractivity contribution in [2.24, 2.45) is 0 Å². The maximum atomic E-state index is 12.2. The molecule has 1 aromatic carbocycles. The zero-order chi connectivity index (χ0) is 14.7. The van der Waals surface area contributed by atoms with Crippen LogP contribution in [-0.2, 0) is 6.54 Å². The summed E-state index contributed by atoms with van der Waals surface area (Å²) < 4.78 is 6.80. The van der Waals surface area contributed by atoms with Gasteiger partial charge in [-0.25, -0.2) is 23.5 Å². The average Bonchev–Trinajstić information content (AvgIpc) is 2.43. The molecule has 0 aliphatic carbocycles. The molecule has 2 rings (SSSR count). The van der Waals surface area contributed by atoms with E-state index in [-0.39, 0.29) is 6.54 Å². The van der Waals surface area contributed by atoms with E-state index in [2.05, 4.69) is 11.6 Å². The average molecular weight is 275 g/mol. The second-order valence-electron chi connectivity index (χ2n) is 3.95. The van der Waals surface area contributed by atoms with Gasteiger partial charge in [0.25, 0.3) is 0 Å². The molecule has 1 heterocycles. The van der Waals surface area contributed by atoms with Crippen LogP contribution in [0.4, 0.5) is 0 Å². The van der Waals surface area contributed by atoms with E-state index < -0.39 is 17.1 Å². The zero-order valence-corrected chi connectivity index (χ0v) is 10.8. The standard InChI is InChI=1S/C13H13N3O4/c1-3-7-15-11(17)14-12(18)16(13(15)19)9-5-4-6-10(8-9)20-2/h3-6,8H,1,7H2,2H3,(H,14,17,18). The summed E-state index contributed by atoms with van der Waals surface area (Å²) in [5, 5.41) is 0. The molecule has 20 heavy (non-hydrogen) atoms. The molecule has 104 valence electrons. The molecule has 0 atom stereocenters. The quantitative estimate of drug-likeness (QED) is 0.788. The number of ether oxygens (including phenoxy) is 1. The van der Waals surface area contributed by atoms with Crippen molar-refractivity contribution in [1.82, 2.24) is 14.1 Å². The number of rotatable bonds is 4. The van der Waals surface area contributed by atoms with E-state index in [1.165, 1.54) is 19.3 Å². The molecular formula is C13H13N3O4. The first-order valence-electron chi connectivity index (χ1n) is 5.80. The van der Waals surface area contributed by atoms with Crippen LogP contribution in [0.5, 0.6) is 5.75 Å². The number of hydrogen-bond acceptors (Lipinski definition) is 4. The van der Waals surface area contributed by atoms with Crippen molar-refractivity contribution in [2.75, 3.05) is 7.11 Å². The normalized spacial score (nSPS) is 10.2. The Morgan fingerprint density at radius 1 is 1.30 bits per heavy atom. The minimum Gasteiger partial charge on any atom is -0.497 e. The van der Waals surface area contributed by atoms with E-state index in [1.54, 1.807) is 18.2 Å². The monoisotopic (exact) mass is 275 g/mol. The number of aromatic nitrogens is 3. The lowest BCUT2D eigenvalue weighted by Gasteiger charge is -2.08. The van der Waals surface area contributed by atoms with Gasteiger partial charge in [-0.1, -0.05) is 12.1 Å². The molecule has 0 spiro atoms. The van der Waals surface area contributed by atoms with E-state index in [1.807, 2.05) is 0 Å². The Morgan fingerprint density at radius 3 is 2.70 bits per heavy atom. The summed E-state index contributed by atoms with van der Waals surface area (Å²) in [4.78, 5) is 37.7. The van der Waals surface area contributed by atoms with Crippen LogP contribution in [0.1, 0.15) is 0 Å². The number of nitrogens with one attached hydrogen (secondary N) is 1. The van der Waals surface area contributed by atoms with Gasteiger partial charge in [-0.3, -0.25) is 4.98 Å². The van der Waals surface area contributed by atoms with Crippen molar-refractivity contribution in [1.29, 1.82) is 0 Å². The third-order valence-electron chi connectivity index (χ3n) is 2.71. The third kappa shape index (κ3) is 2.33. The minimum atomic E-state index is -0.798. The fourth-order valence-electron chi connectivity index (χ4n) is 1.78. The summed E-state index contributed by atoms with van der Waals surface area (Å²) in [6.07, 6.45) is 1.40. The number of allylic oxidation sites excluding steroid dienone is 1. The third-order valence-corrected chi connectivity index (χ3v) is 2.71. The summed E-state index contributed by atoms with van der Waals surface area (Å²) in [6.45, 7) is 3.48. The van der Waals surface area contributed by atoms with Crippen LogP contribution in [0.2, 0.25) is 0 Å². The molecule has 0 radical (unpaired) electrons. The second kappa shape index (κ2) is 5.43. The number of methoxy groups -OCH3 is 1. The minimum absolute atomic E-state index is 0.0123. The molecule has 0 unspecified atom stereocenters. The summed E-state index contributed by atoms with van der Waals surface area (Å²) in [6, 6.07) is 6.42. The van der Waals surface area contributed by atoms with E-state index in [0.29, 0.717) is 11.4 Å². The summed E-state index contributed by atoms with van der Waals surface area (Å²) in [5.41, 5.74) is -1.98. The van der Waals surface area contributed by atoms with E-state index in [0.717, 1.165) is 9.13 Å². The van der Waals surface area contributed by atoms with E-state index >= 15 is 0 Å². The predicted molar refractivity (Wildman–Crippen MR) is 73.7 cm³/mol. The Kier molecular flexibility index (Phi) is 3.69. The Bertz CT molecular complexity index is 813. The number of hydrogen-bond donors (Lipinski definition) is 1. The molecule has 0 bridgehead atoms. The van der Waals surface area contributed by atoms with Gasteiger partial charge in [-0.15, -0.1) is 6.58 Å². The van der Waals surface area contributed by atoms with Gasteiger partial charge >= 0.3 is 17.1 Å². The van der Waals surface area contributed by atoms with Gasteiger partial charge < -0.3 is 4.74 Å². The fraction of sp³-hybridized carbons (Fsp3) is 0.154. The molecule has 1 aromatic heterocycles. The van der Waals surface area contributed by atoms with Gasteiger partial charge in [0.15, 0.2) is 0 Å². The lowest BCUT2D eigenvalue weighted by Crippen LogP contribution is -2.48. The molecule has 0 aliphatic rings. The van der Waals surface area contributed by atoms with Gasteiger partial charge in [0.05, 0.1) is 19.3 Å². The zero-order valence-electron chi connectivity index (χ0n) is 10.8. The summed E-state index contributed by atoms with van der Waals surface area (Å²) in [7, 11) is 1.48. The molecule has 0 saturated carbocycles. The Labute approximate surface area is 113 Å². The van der Waals surface area contributed by atoms with Crippen LogP contribution in [0, 0.1) is 0 Å². The van der Waals surface area contributed by atoms with Crippen LogP contribution in [-0.4, -0.2) is 21.2 Å². The Balaban J connectivity index is 2.77. The summed E-state index contributed by atoms with van der Waals surface area (Å²) >= 11 is 0. The van der Waals surface area contributed by atoms with Crippen molar-refractivity contribution >= 4 is 0 Å². The molecule has 0 fully saturated rings. The molecule has 1 N–H and O–H groups in total. The topological polar surface area (TPSA) is 86.1 Å². The largest absolute Gasteiger partial charge is 0.497 e. The van der Waals surface area contributed by atoms with Gasteiger partial charge in [-0.05, 0) is 12.1 Å². The second-order valence-corrected chi connectivity index (χ2v) is 3.95. The maximum Gasteiger partial charge on any atom is 0.341 e. The van der Waals surface area contributed by atoms with Gasteiger partial charge in [0.1, 0.15) is 5.75 Å². The first kappa shape index (κ1) is 13.6. The summed E-state index contributed by atoms with van der Waals surface area (Å²) in [5.74, 6) is 0.496. The van der Waals surface area contributed by atoms with Crippen LogP contribution in [0.25, 0.3) is 5.69 Å². The van der Waals surface area contributed by atoms with Crippen molar-refractivity contribution in [2.45, 2.75) is 6.54 Å². The highest BCUT2D eigenvalue weighted by Crippen LogP contribution is 2.13. The predicted octanol–water partition coefficient (Wildman–Crippen LogP) is -0.118. The molecule has 2 aromatic rings. The SMILES string of the molecule is C=CCn1c(=O)[nH]c(=O)n(-c2cccc(OC)c2)c1=O. The van der Waals surface area contributed by atoms with E-state index in [9.17, 15) is 14.4 Å². The van der Waals surface area contributed by atoms with Gasteiger partial charge in [0, 0.05) is 6.07 Å². The molecule has 0 saturated heterocycles. The van der Waals surface area contributed by atoms with Gasteiger partial charge in [0.2, 0.25) is 0 Å². The number of nitrogens with zero attached hydrogens (tertiary/aromatic N) is 2. The van der Waals surface area contributed by atoms with Crippen LogP contribution in [0.3, 0.4) is 0 Å². The Hall–Kier alpha value is -2.83. The number of H-pyrrole nitrogens is 1. The Morgan fingerprint density at radius 2 is 2.05 bits per heavy atom. The van der Waals surface area contributed by atoms with Crippen molar-refractivity contribution < 1.29 is 4.74 Å². The first-order chi connectivity index (χ1) is 9.58. The van der Waals surface area contributed by atoms with Crippen LogP contribution >= 0.6 is 0 Å². The van der Waals surface area contributed by atoms with Crippen LogP contribution < -0.4 is 21.8 Å². The molecule has 7 nitrogen and oxygen atoms in total. The fourth-order valence-corrected chi connectivity index (χ4v) is 1.78. The van der Waals surface area contributed by atoms with Crippen LogP contribution in [0.15, 0.2) is 51.3 Å². The molecule has 0 aliphatic heterocycles. The highest BCUT2D eigenvalue weighted by Gasteiger charge is 2.11.